The summed E-state index contributed by atoms with van der Waals surface area (Å²) in [7, 11) is 0. The second-order valence-electron chi connectivity index (χ2n) is 9.13. The van der Waals surface area contributed by atoms with E-state index in [-0.39, 0.29) is 18.4 Å². The molecule has 3 rings (SSSR count). The Labute approximate surface area is 210 Å². The molecule has 0 radical (unpaired) electrons. The zero-order valence-corrected chi connectivity index (χ0v) is 20.1. The lowest BCUT2D eigenvalue weighted by molar-refractivity contribution is -0.141. The highest BCUT2D eigenvalue weighted by Crippen LogP contribution is 2.34. The number of hydrogen-bond donors (Lipinski definition) is 4. The molecule has 0 saturated heterocycles. The predicted molar refractivity (Wildman–Crippen MR) is 133 cm³/mol. The van der Waals surface area contributed by atoms with E-state index in [0.717, 1.165) is 36.8 Å². The first-order chi connectivity index (χ1) is 17.3. The maximum absolute atomic E-state index is 13.0. The van der Waals surface area contributed by atoms with Crippen LogP contribution >= 0.6 is 0 Å². The van der Waals surface area contributed by atoms with Crippen LogP contribution in [0.4, 0.5) is 4.79 Å². The van der Waals surface area contributed by atoms with Crippen molar-refractivity contribution in [1.29, 1.82) is 0 Å². The van der Waals surface area contributed by atoms with Gasteiger partial charge in [-0.3, -0.25) is 19.7 Å². The van der Waals surface area contributed by atoms with E-state index < -0.39 is 42.4 Å². The number of hydrogen-bond acceptors (Lipinski definition) is 6. The van der Waals surface area contributed by atoms with Crippen molar-refractivity contribution in [2.75, 3.05) is 0 Å². The Morgan fingerprint density at radius 1 is 0.917 bits per heavy atom. The number of nitrogens with one attached hydrogen (secondary N) is 2. The third-order valence-corrected chi connectivity index (χ3v) is 6.53. The minimum Gasteiger partial charge on any atom is -0.481 e. The third-order valence-electron chi connectivity index (χ3n) is 6.53. The molecule has 1 aliphatic carbocycles. The maximum Gasteiger partial charge on any atom is 0.408 e. The molecule has 0 spiro atoms. The van der Waals surface area contributed by atoms with Gasteiger partial charge in [-0.25, -0.2) is 4.79 Å². The standard InChI is InChI=1S/C27H33N3O6/c28-24(21(20-13-7-8-14-20)15-18-9-3-1-4-10-18)26(34)30-25(33)22(16-23(31)32)29-27(35)36-17-19-11-5-2-6-12-19/h1-6,9-12,20-22,24H,7-8,13-17,28H2,(H,29,35)(H,31,32)(H,30,33,34)/t21?,22-,24?/m0/s1. The monoisotopic (exact) mass is 495 g/mol. The Balaban J connectivity index is 1.62. The number of carbonyl (C=O) groups is 4. The smallest absolute Gasteiger partial charge is 0.408 e. The maximum atomic E-state index is 13.0. The highest BCUT2D eigenvalue weighted by atomic mass is 16.5. The highest BCUT2D eigenvalue weighted by molar-refractivity contribution is 6.02. The van der Waals surface area contributed by atoms with E-state index in [9.17, 15) is 24.3 Å². The van der Waals surface area contributed by atoms with Crippen molar-refractivity contribution in [3.63, 3.8) is 0 Å². The zero-order chi connectivity index (χ0) is 25.9. The van der Waals surface area contributed by atoms with Gasteiger partial charge < -0.3 is 20.9 Å². The Bertz CT molecular complexity index is 1020. The van der Waals surface area contributed by atoms with Crippen LogP contribution in [0.3, 0.4) is 0 Å². The molecule has 2 unspecified atom stereocenters. The summed E-state index contributed by atoms with van der Waals surface area (Å²) in [6.07, 6.45) is 2.97. The summed E-state index contributed by atoms with van der Waals surface area (Å²) >= 11 is 0. The molecule has 1 saturated carbocycles. The van der Waals surface area contributed by atoms with Crippen LogP contribution in [0, 0.1) is 11.8 Å². The Kier molecular flexibility index (Phi) is 10.00. The number of carboxylic acids is 1. The van der Waals surface area contributed by atoms with Crippen molar-refractivity contribution in [2.45, 2.75) is 57.2 Å². The molecule has 5 N–H and O–H groups in total. The molecule has 2 aromatic carbocycles. The van der Waals surface area contributed by atoms with Gasteiger partial charge in [-0.2, -0.15) is 0 Å². The normalized spacial score (nSPS) is 15.9. The molecule has 192 valence electrons. The Morgan fingerprint density at radius 3 is 2.08 bits per heavy atom. The first-order valence-corrected chi connectivity index (χ1v) is 12.2. The molecular weight excluding hydrogens is 462 g/mol. The molecule has 1 aliphatic rings. The second kappa shape index (κ2) is 13.4. The third kappa shape index (κ3) is 8.20. The van der Waals surface area contributed by atoms with Gasteiger partial charge >= 0.3 is 12.1 Å². The summed E-state index contributed by atoms with van der Waals surface area (Å²) in [6, 6.07) is 16.1. The van der Waals surface area contributed by atoms with Crippen LogP contribution in [0.2, 0.25) is 0 Å². The largest absolute Gasteiger partial charge is 0.481 e. The van der Waals surface area contributed by atoms with Crippen molar-refractivity contribution < 1.29 is 29.0 Å². The molecule has 3 atom stereocenters. The number of alkyl carbamates (subject to hydrolysis) is 1. The van der Waals surface area contributed by atoms with Crippen LogP contribution in [-0.2, 0) is 32.1 Å². The molecule has 0 aliphatic heterocycles. The van der Waals surface area contributed by atoms with Crippen LogP contribution in [0.5, 0.6) is 0 Å². The van der Waals surface area contributed by atoms with Gasteiger partial charge in [0.1, 0.15) is 12.6 Å². The van der Waals surface area contributed by atoms with Crippen LogP contribution in [0.25, 0.3) is 0 Å². The molecule has 3 amide bonds. The number of nitrogens with two attached hydrogens (primary N) is 1. The number of carbonyl (C=O) groups excluding carboxylic acids is 3. The van der Waals surface area contributed by atoms with Crippen molar-refractivity contribution in [3.8, 4) is 0 Å². The summed E-state index contributed by atoms with van der Waals surface area (Å²) in [5, 5.41) is 13.7. The van der Waals surface area contributed by atoms with E-state index in [2.05, 4.69) is 10.6 Å². The van der Waals surface area contributed by atoms with Crippen LogP contribution < -0.4 is 16.4 Å². The fourth-order valence-electron chi connectivity index (χ4n) is 4.64. The van der Waals surface area contributed by atoms with Crippen molar-refractivity contribution in [2.24, 2.45) is 17.6 Å². The van der Waals surface area contributed by atoms with E-state index in [1.165, 1.54) is 0 Å². The lowest BCUT2D eigenvalue weighted by Crippen LogP contribution is -2.55. The minimum atomic E-state index is -1.50. The quantitative estimate of drug-likeness (QED) is 0.375. The van der Waals surface area contributed by atoms with Crippen LogP contribution in [0.15, 0.2) is 60.7 Å². The van der Waals surface area contributed by atoms with E-state index >= 15 is 0 Å². The summed E-state index contributed by atoms with van der Waals surface area (Å²) in [4.78, 5) is 49.3. The van der Waals surface area contributed by atoms with Gasteiger partial charge in [-0.1, -0.05) is 86.3 Å². The second-order valence-corrected chi connectivity index (χ2v) is 9.13. The average molecular weight is 496 g/mol. The highest BCUT2D eigenvalue weighted by Gasteiger charge is 2.35. The summed E-state index contributed by atoms with van der Waals surface area (Å²) in [5.74, 6) is -2.88. The van der Waals surface area contributed by atoms with E-state index in [1.807, 2.05) is 36.4 Å². The molecule has 0 bridgehead atoms. The van der Waals surface area contributed by atoms with Gasteiger partial charge in [0.25, 0.3) is 0 Å². The molecule has 36 heavy (non-hydrogen) atoms. The topological polar surface area (TPSA) is 148 Å². The van der Waals surface area contributed by atoms with Gasteiger partial charge in [-0.05, 0) is 29.4 Å². The number of carboxylic acid groups (broad SMARTS) is 1. The number of benzene rings is 2. The average Bonchev–Trinajstić information content (AvgIpc) is 3.41. The SMILES string of the molecule is NC(C(=O)NC(=O)[C@H](CC(=O)O)NC(=O)OCc1ccccc1)C(Cc1ccccc1)C1CCCC1. The van der Waals surface area contributed by atoms with Crippen LogP contribution in [0.1, 0.15) is 43.2 Å². The van der Waals surface area contributed by atoms with E-state index in [4.69, 9.17) is 10.5 Å². The first kappa shape index (κ1) is 26.9. The lowest BCUT2D eigenvalue weighted by Gasteiger charge is -2.29. The van der Waals surface area contributed by atoms with Gasteiger partial charge in [0, 0.05) is 0 Å². The number of amides is 3. The van der Waals surface area contributed by atoms with Crippen molar-refractivity contribution >= 4 is 23.9 Å². The van der Waals surface area contributed by atoms with E-state index in [1.54, 1.807) is 24.3 Å². The Morgan fingerprint density at radius 2 is 1.50 bits per heavy atom. The summed E-state index contributed by atoms with van der Waals surface area (Å²) in [6.45, 7) is -0.0551. The van der Waals surface area contributed by atoms with Gasteiger partial charge in [0.15, 0.2) is 0 Å². The Hall–Kier alpha value is -3.72. The van der Waals surface area contributed by atoms with Gasteiger partial charge in [-0.15, -0.1) is 0 Å². The molecule has 0 aromatic heterocycles. The number of aliphatic carboxylic acids is 1. The van der Waals surface area contributed by atoms with Crippen LogP contribution in [-0.4, -0.2) is 41.1 Å². The van der Waals surface area contributed by atoms with Gasteiger partial charge in [0.05, 0.1) is 12.5 Å². The predicted octanol–water partition coefficient (Wildman–Crippen LogP) is 2.78. The lowest BCUT2D eigenvalue weighted by atomic mass is 9.80. The molecule has 9 heteroatoms. The van der Waals surface area contributed by atoms with Crippen molar-refractivity contribution in [1.82, 2.24) is 10.6 Å². The molecular formula is C27H33N3O6. The fraction of sp³-hybridized carbons (Fsp3) is 0.407. The fourth-order valence-corrected chi connectivity index (χ4v) is 4.64. The summed E-state index contributed by atoms with van der Waals surface area (Å²) < 4.78 is 5.08. The minimum absolute atomic E-state index is 0.0551. The zero-order valence-electron chi connectivity index (χ0n) is 20.1. The number of imide groups is 1. The summed E-state index contributed by atoms with van der Waals surface area (Å²) in [5.41, 5.74) is 8.14. The molecule has 0 heterocycles. The van der Waals surface area contributed by atoms with Crippen molar-refractivity contribution in [3.05, 3.63) is 71.8 Å². The molecule has 2 aromatic rings. The molecule has 9 nitrogen and oxygen atoms in total. The molecule has 1 fully saturated rings. The number of ether oxygens (including phenoxy) is 1. The number of rotatable bonds is 11. The van der Waals surface area contributed by atoms with Gasteiger partial charge in [0.2, 0.25) is 11.8 Å². The first-order valence-electron chi connectivity index (χ1n) is 12.2. The van der Waals surface area contributed by atoms with E-state index in [0.29, 0.717) is 6.42 Å².